The Bertz CT molecular complexity index is 1360. The maximum atomic E-state index is 6.18. The summed E-state index contributed by atoms with van der Waals surface area (Å²) in [5.74, 6) is 1.73. The number of imidazole rings is 1. The maximum absolute atomic E-state index is 6.18. The van der Waals surface area contributed by atoms with Crippen molar-refractivity contribution < 1.29 is 4.74 Å². The molecule has 140 valence electrons. The molecule has 2 aliphatic heterocycles. The van der Waals surface area contributed by atoms with Crippen LogP contribution in [0, 0.1) is 0 Å². The van der Waals surface area contributed by atoms with E-state index in [1.165, 1.54) is 33.2 Å². The van der Waals surface area contributed by atoms with Gasteiger partial charge in [0.2, 0.25) is 0 Å². The fourth-order valence-corrected chi connectivity index (χ4v) is 4.41. The number of fused-ring (bicyclic) bond motifs is 6. The number of rotatable bonds is 2. The van der Waals surface area contributed by atoms with Crippen LogP contribution < -0.4 is 4.74 Å². The van der Waals surface area contributed by atoms with Gasteiger partial charge in [0.05, 0.1) is 17.6 Å². The minimum absolute atomic E-state index is 0.564. The van der Waals surface area contributed by atoms with Gasteiger partial charge in [0.25, 0.3) is 0 Å². The molecule has 3 heterocycles. The lowest BCUT2D eigenvalue weighted by molar-refractivity contribution is 0.303. The smallest absolute Gasteiger partial charge is 0.129 e. The Morgan fingerprint density at radius 3 is 2.90 bits per heavy atom. The number of aromatic nitrogens is 2. The third-order valence-electron chi connectivity index (χ3n) is 5.83. The van der Waals surface area contributed by atoms with Gasteiger partial charge in [0.1, 0.15) is 18.2 Å². The van der Waals surface area contributed by atoms with Gasteiger partial charge in [0.15, 0.2) is 0 Å². The van der Waals surface area contributed by atoms with Gasteiger partial charge in [-0.15, -0.1) is 0 Å². The van der Waals surface area contributed by atoms with Crippen LogP contribution in [0.1, 0.15) is 23.9 Å². The molecule has 0 bridgehead atoms. The zero-order valence-electron chi connectivity index (χ0n) is 16.1. The number of H-pyrrole nitrogens is 1. The van der Waals surface area contributed by atoms with Crippen LogP contribution in [0.3, 0.4) is 0 Å². The lowest BCUT2D eigenvalue weighted by Gasteiger charge is -2.22. The molecule has 0 saturated heterocycles. The summed E-state index contributed by atoms with van der Waals surface area (Å²) in [6.45, 7) is 6.42. The summed E-state index contributed by atoms with van der Waals surface area (Å²) < 4.78 is 6.18. The van der Waals surface area contributed by atoms with E-state index in [0.717, 1.165) is 40.5 Å². The first-order valence-electron chi connectivity index (χ1n) is 9.77. The summed E-state index contributed by atoms with van der Waals surface area (Å²) in [5, 5.41) is 2.48. The number of hydrogen-bond donors (Lipinski definition) is 1. The second-order valence-corrected chi connectivity index (χ2v) is 7.70. The Labute approximate surface area is 168 Å². The van der Waals surface area contributed by atoms with Crippen LogP contribution in [-0.2, 0) is 13.0 Å². The molecule has 29 heavy (non-hydrogen) atoms. The van der Waals surface area contributed by atoms with E-state index in [2.05, 4.69) is 70.9 Å². The minimum Gasteiger partial charge on any atom is -0.488 e. The summed E-state index contributed by atoms with van der Waals surface area (Å²) in [6, 6.07) is 15.3. The van der Waals surface area contributed by atoms with Crippen LogP contribution in [0.2, 0.25) is 0 Å². The SMILES string of the molecule is C=Cc1ncc(-c2ccc3c(c2)COc2cc4c5c(ccc4cc2-3)N=C(C)C5)[nH]1. The molecule has 1 aromatic heterocycles. The average Bonchev–Trinajstić information content (AvgIpc) is 3.38. The first-order valence-corrected chi connectivity index (χ1v) is 9.77. The zero-order chi connectivity index (χ0) is 19.5. The third kappa shape index (κ3) is 2.46. The summed E-state index contributed by atoms with van der Waals surface area (Å²) in [5.41, 5.74) is 9.22. The van der Waals surface area contributed by atoms with Crippen LogP contribution in [0.5, 0.6) is 5.75 Å². The molecule has 0 unspecified atom stereocenters. The molecule has 0 amide bonds. The molecule has 0 atom stereocenters. The molecule has 4 heteroatoms. The summed E-state index contributed by atoms with van der Waals surface area (Å²) >= 11 is 0. The topological polar surface area (TPSA) is 50.3 Å². The van der Waals surface area contributed by atoms with E-state index >= 15 is 0 Å². The van der Waals surface area contributed by atoms with Crippen molar-refractivity contribution in [2.45, 2.75) is 20.0 Å². The highest BCUT2D eigenvalue weighted by atomic mass is 16.5. The minimum atomic E-state index is 0.564. The van der Waals surface area contributed by atoms with E-state index in [1.807, 2.05) is 6.20 Å². The van der Waals surface area contributed by atoms with Crippen LogP contribution in [-0.4, -0.2) is 15.7 Å². The van der Waals surface area contributed by atoms with Crippen molar-refractivity contribution in [2.24, 2.45) is 4.99 Å². The van der Waals surface area contributed by atoms with E-state index < -0.39 is 0 Å². The van der Waals surface area contributed by atoms with Gasteiger partial charge in [-0.25, -0.2) is 4.98 Å². The molecular formula is C25H19N3O. The molecule has 0 aliphatic carbocycles. The Hall–Kier alpha value is -3.66. The number of aromatic amines is 1. The zero-order valence-corrected chi connectivity index (χ0v) is 16.1. The Morgan fingerprint density at radius 2 is 2.03 bits per heavy atom. The number of nitrogens with zero attached hydrogens (tertiary/aromatic N) is 2. The fraction of sp³-hybridized carbons (Fsp3) is 0.120. The van der Waals surface area contributed by atoms with E-state index in [9.17, 15) is 0 Å². The quantitative estimate of drug-likeness (QED) is 0.460. The first-order chi connectivity index (χ1) is 14.2. The average molecular weight is 377 g/mol. The Kier molecular flexibility index (Phi) is 3.33. The molecule has 6 rings (SSSR count). The highest BCUT2D eigenvalue weighted by Crippen LogP contribution is 2.43. The van der Waals surface area contributed by atoms with Crippen molar-refractivity contribution in [2.75, 3.05) is 0 Å². The number of aliphatic imine (C=N–C) groups is 1. The molecule has 4 aromatic rings. The van der Waals surface area contributed by atoms with E-state index in [4.69, 9.17) is 4.74 Å². The second-order valence-electron chi connectivity index (χ2n) is 7.70. The van der Waals surface area contributed by atoms with E-state index in [0.29, 0.717) is 6.61 Å². The Morgan fingerprint density at radius 1 is 1.10 bits per heavy atom. The van der Waals surface area contributed by atoms with Gasteiger partial charge in [-0.05, 0) is 70.3 Å². The summed E-state index contributed by atoms with van der Waals surface area (Å²) in [7, 11) is 0. The predicted octanol–water partition coefficient (Wildman–Crippen LogP) is 6.08. The van der Waals surface area contributed by atoms with Crippen molar-refractivity contribution in [3.63, 3.8) is 0 Å². The number of ether oxygens (including phenoxy) is 1. The van der Waals surface area contributed by atoms with Gasteiger partial charge in [-0.1, -0.05) is 24.8 Å². The molecule has 0 fully saturated rings. The summed E-state index contributed by atoms with van der Waals surface area (Å²) in [4.78, 5) is 12.2. The lowest BCUT2D eigenvalue weighted by Crippen LogP contribution is -2.06. The molecular weight excluding hydrogens is 358 g/mol. The predicted molar refractivity (Wildman–Crippen MR) is 118 cm³/mol. The van der Waals surface area contributed by atoms with Gasteiger partial charge < -0.3 is 9.72 Å². The van der Waals surface area contributed by atoms with Crippen molar-refractivity contribution in [3.8, 4) is 28.1 Å². The van der Waals surface area contributed by atoms with E-state index in [1.54, 1.807) is 6.08 Å². The molecule has 0 saturated carbocycles. The molecule has 0 spiro atoms. The van der Waals surface area contributed by atoms with Crippen LogP contribution in [0.25, 0.3) is 39.2 Å². The van der Waals surface area contributed by atoms with E-state index in [-0.39, 0.29) is 0 Å². The van der Waals surface area contributed by atoms with Crippen molar-refractivity contribution in [1.29, 1.82) is 0 Å². The largest absolute Gasteiger partial charge is 0.488 e. The normalized spacial score (nSPS) is 14.0. The third-order valence-corrected chi connectivity index (χ3v) is 5.83. The van der Waals surface area contributed by atoms with Crippen LogP contribution in [0.15, 0.2) is 60.2 Å². The first kappa shape index (κ1) is 16.3. The number of hydrogen-bond acceptors (Lipinski definition) is 3. The molecule has 2 aliphatic rings. The molecule has 1 N–H and O–H groups in total. The van der Waals surface area contributed by atoms with Gasteiger partial charge in [-0.3, -0.25) is 4.99 Å². The van der Waals surface area contributed by atoms with Crippen molar-refractivity contribution >= 4 is 28.2 Å². The van der Waals surface area contributed by atoms with Gasteiger partial charge >= 0.3 is 0 Å². The standard InChI is InChI=1S/C25H19N3O/c1-3-25-26-12-23(28-25)16-4-6-18-17(9-16)13-29-24-11-19-15(10-21(18)24)5-7-22-20(19)8-14(2)27-22/h3-7,9-12H,1,8,13H2,2H3,(H,26,28). The fourth-order valence-electron chi connectivity index (χ4n) is 4.41. The molecule has 0 radical (unpaired) electrons. The van der Waals surface area contributed by atoms with Crippen molar-refractivity contribution in [1.82, 2.24) is 9.97 Å². The molecule has 4 nitrogen and oxygen atoms in total. The highest BCUT2D eigenvalue weighted by Gasteiger charge is 2.22. The van der Waals surface area contributed by atoms with Crippen LogP contribution >= 0.6 is 0 Å². The second kappa shape index (κ2) is 5.92. The Balaban J connectivity index is 1.47. The maximum Gasteiger partial charge on any atom is 0.129 e. The van der Waals surface area contributed by atoms with Gasteiger partial charge in [-0.2, -0.15) is 0 Å². The van der Waals surface area contributed by atoms with Crippen molar-refractivity contribution in [3.05, 3.63) is 72.2 Å². The number of nitrogens with one attached hydrogen (secondary N) is 1. The summed E-state index contributed by atoms with van der Waals surface area (Å²) in [6.07, 6.45) is 4.48. The molecule has 3 aromatic carbocycles. The van der Waals surface area contributed by atoms with Crippen LogP contribution in [0.4, 0.5) is 5.69 Å². The number of benzene rings is 3. The lowest BCUT2D eigenvalue weighted by atomic mass is 9.91. The highest BCUT2D eigenvalue weighted by molar-refractivity contribution is 6.02. The monoisotopic (exact) mass is 377 g/mol. The van der Waals surface area contributed by atoms with Gasteiger partial charge in [0, 0.05) is 17.7 Å².